The van der Waals surface area contributed by atoms with Gasteiger partial charge in [0.1, 0.15) is 5.75 Å². The van der Waals surface area contributed by atoms with E-state index in [1.807, 2.05) is 0 Å². The second-order valence-corrected chi connectivity index (χ2v) is 6.92. The molecule has 0 saturated heterocycles. The van der Waals surface area contributed by atoms with Gasteiger partial charge in [0, 0.05) is 5.56 Å². The smallest absolute Gasteiger partial charge is 0.288 e. The highest BCUT2D eigenvalue weighted by atomic mass is 19.3. The van der Waals surface area contributed by atoms with Crippen molar-refractivity contribution in [3.05, 3.63) is 53.6 Å². The van der Waals surface area contributed by atoms with Gasteiger partial charge in [0.2, 0.25) is 6.79 Å². The third-order valence-electron chi connectivity index (χ3n) is 4.73. The van der Waals surface area contributed by atoms with Crippen LogP contribution in [0.2, 0.25) is 0 Å². The van der Waals surface area contributed by atoms with E-state index in [0.29, 0.717) is 22.6 Å². The average Bonchev–Trinajstić information content (AvgIpc) is 3.06. The summed E-state index contributed by atoms with van der Waals surface area (Å²) in [6.45, 7) is 1.82. The predicted octanol–water partition coefficient (Wildman–Crippen LogP) is 3.05. The summed E-state index contributed by atoms with van der Waals surface area (Å²) in [7, 11) is 0. The minimum atomic E-state index is -2.77. The van der Waals surface area contributed by atoms with E-state index < -0.39 is 30.1 Å². The molecule has 1 saturated carbocycles. The number of benzene rings is 2. The summed E-state index contributed by atoms with van der Waals surface area (Å²) < 4.78 is 41.5. The molecule has 0 bridgehead atoms. The Morgan fingerprint density at radius 1 is 1.21 bits per heavy atom. The van der Waals surface area contributed by atoms with Crippen molar-refractivity contribution in [2.45, 2.75) is 37.5 Å². The lowest BCUT2D eigenvalue weighted by Crippen LogP contribution is -2.37. The second kappa shape index (κ2) is 6.94. The van der Waals surface area contributed by atoms with Crippen LogP contribution in [0.15, 0.2) is 42.5 Å². The van der Waals surface area contributed by atoms with Crippen molar-refractivity contribution >= 4 is 5.91 Å². The molecule has 1 unspecified atom stereocenters. The van der Waals surface area contributed by atoms with Crippen LogP contribution in [0.5, 0.6) is 17.2 Å². The topological polar surface area (TPSA) is 77.0 Å². The van der Waals surface area contributed by atoms with Gasteiger partial charge in [0.05, 0.1) is 18.6 Å². The Labute approximate surface area is 160 Å². The number of amides is 1. The molecule has 1 fully saturated rings. The van der Waals surface area contributed by atoms with Crippen LogP contribution in [-0.2, 0) is 0 Å². The fraction of sp³-hybridized carbons (Fsp3) is 0.350. The summed E-state index contributed by atoms with van der Waals surface area (Å²) in [5, 5.41) is 13.2. The zero-order chi connectivity index (χ0) is 19.9. The van der Waals surface area contributed by atoms with Gasteiger partial charge in [-0.25, -0.2) is 8.78 Å². The minimum Gasteiger partial charge on any atom is -0.484 e. The monoisotopic (exact) mass is 391 g/mol. The molecular weight excluding hydrogens is 372 g/mol. The highest BCUT2D eigenvalue weighted by Gasteiger charge is 2.59. The van der Waals surface area contributed by atoms with Gasteiger partial charge in [0.25, 0.3) is 11.8 Å². The molecule has 3 atom stereocenters. The van der Waals surface area contributed by atoms with Crippen LogP contribution in [-0.4, -0.2) is 35.9 Å². The normalized spacial score (nSPS) is 20.9. The molecule has 0 spiro atoms. The Hall–Kier alpha value is -2.87. The average molecular weight is 391 g/mol. The summed E-state index contributed by atoms with van der Waals surface area (Å²) in [5.74, 6) is -1.72. The van der Waals surface area contributed by atoms with Gasteiger partial charge in [-0.1, -0.05) is 6.07 Å². The van der Waals surface area contributed by atoms with Crippen molar-refractivity contribution in [1.82, 2.24) is 5.32 Å². The molecule has 2 aromatic carbocycles. The van der Waals surface area contributed by atoms with Crippen molar-refractivity contribution in [3.63, 3.8) is 0 Å². The van der Waals surface area contributed by atoms with Crippen LogP contribution in [0.1, 0.15) is 35.4 Å². The third kappa shape index (κ3) is 3.73. The molecule has 1 aliphatic heterocycles. The van der Waals surface area contributed by atoms with Crippen LogP contribution in [0.3, 0.4) is 0 Å². The number of alkyl halides is 2. The first-order chi connectivity index (χ1) is 13.3. The zero-order valence-electron chi connectivity index (χ0n) is 15.0. The Morgan fingerprint density at radius 2 is 1.89 bits per heavy atom. The molecule has 1 heterocycles. The van der Waals surface area contributed by atoms with Gasteiger partial charge in [-0.2, -0.15) is 0 Å². The Morgan fingerprint density at radius 3 is 2.57 bits per heavy atom. The van der Waals surface area contributed by atoms with Gasteiger partial charge < -0.3 is 24.6 Å². The predicted molar refractivity (Wildman–Crippen MR) is 94.9 cm³/mol. The number of hydrogen-bond donors (Lipinski definition) is 2. The van der Waals surface area contributed by atoms with Crippen LogP contribution < -0.4 is 19.5 Å². The standard InChI is InChI=1S/C20H19F2NO5/c1-11(18(24)13-4-7-15-16(8-13)27-10-26-15)23-19(25)12-2-5-14(6-3-12)28-17-9-20(17,21)22/h2-8,11,17-18,24H,9-10H2,1H3,(H,23,25)/t11-,17?,18-/m0/s1. The number of fused-ring (bicyclic) bond motifs is 1. The molecule has 2 aliphatic rings. The zero-order valence-corrected chi connectivity index (χ0v) is 15.0. The molecule has 6 nitrogen and oxygen atoms in total. The van der Waals surface area contributed by atoms with E-state index >= 15 is 0 Å². The first-order valence-electron chi connectivity index (χ1n) is 8.86. The minimum absolute atomic E-state index is 0.138. The first kappa shape index (κ1) is 18.5. The van der Waals surface area contributed by atoms with E-state index in [1.54, 1.807) is 25.1 Å². The Kier molecular flexibility index (Phi) is 4.58. The molecule has 2 aromatic rings. The van der Waals surface area contributed by atoms with Gasteiger partial charge in [0.15, 0.2) is 17.6 Å². The van der Waals surface area contributed by atoms with E-state index in [1.165, 1.54) is 24.3 Å². The fourth-order valence-corrected chi connectivity index (χ4v) is 2.92. The molecule has 4 rings (SSSR count). The number of aliphatic hydroxyl groups excluding tert-OH is 1. The SMILES string of the molecule is C[C@H](NC(=O)c1ccc(OC2CC2(F)F)cc1)[C@H](O)c1ccc2c(c1)OCO2. The number of ether oxygens (including phenoxy) is 3. The molecule has 0 aromatic heterocycles. The van der Waals surface area contributed by atoms with E-state index in [9.17, 15) is 18.7 Å². The summed E-state index contributed by atoms with van der Waals surface area (Å²) in [5.41, 5.74) is 0.922. The highest BCUT2D eigenvalue weighted by Crippen LogP contribution is 2.44. The quantitative estimate of drug-likeness (QED) is 0.792. The first-order valence-corrected chi connectivity index (χ1v) is 8.86. The molecule has 8 heteroatoms. The van der Waals surface area contributed by atoms with E-state index in [4.69, 9.17) is 14.2 Å². The number of nitrogens with one attached hydrogen (secondary N) is 1. The molecule has 2 N–H and O–H groups in total. The summed E-state index contributed by atoms with van der Waals surface area (Å²) in [6.07, 6.45) is -2.33. The number of rotatable bonds is 6. The van der Waals surface area contributed by atoms with Crippen LogP contribution in [0, 0.1) is 0 Å². The molecule has 0 radical (unpaired) electrons. The number of halogens is 2. The van der Waals surface area contributed by atoms with E-state index in [0.717, 1.165) is 0 Å². The Bertz CT molecular complexity index is 887. The van der Waals surface area contributed by atoms with Crippen LogP contribution >= 0.6 is 0 Å². The lowest BCUT2D eigenvalue weighted by molar-refractivity contribution is 0.0664. The van der Waals surface area contributed by atoms with Crippen molar-refractivity contribution in [3.8, 4) is 17.2 Å². The van der Waals surface area contributed by atoms with Crippen molar-refractivity contribution in [2.75, 3.05) is 6.79 Å². The van der Waals surface area contributed by atoms with Crippen LogP contribution in [0.4, 0.5) is 8.78 Å². The maximum Gasteiger partial charge on any atom is 0.288 e. The van der Waals surface area contributed by atoms with Crippen LogP contribution in [0.25, 0.3) is 0 Å². The highest BCUT2D eigenvalue weighted by molar-refractivity contribution is 5.94. The number of aliphatic hydroxyl groups is 1. The molecule has 1 amide bonds. The number of carbonyl (C=O) groups excluding carboxylic acids is 1. The third-order valence-corrected chi connectivity index (χ3v) is 4.73. The van der Waals surface area contributed by atoms with Crippen molar-refractivity contribution < 1.29 is 32.9 Å². The van der Waals surface area contributed by atoms with Gasteiger partial charge in [-0.15, -0.1) is 0 Å². The second-order valence-electron chi connectivity index (χ2n) is 6.92. The summed E-state index contributed by atoms with van der Waals surface area (Å²) in [6, 6.07) is 10.4. The van der Waals surface area contributed by atoms with E-state index in [2.05, 4.69) is 5.32 Å². The Balaban J connectivity index is 1.36. The van der Waals surface area contributed by atoms with E-state index in [-0.39, 0.29) is 19.0 Å². The summed E-state index contributed by atoms with van der Waals surface area (Å²) in [4.78, 5) is 12.4. The molecule has 28 heavy (non-hydrogen) atoms. The molecular formula is C20H19F2NO5. The lowest BCUT2D eigenvalue weighted by Gasteiger charge is -2.21. The maximum atomic E-state index is 12.9. The van der Waals surface area contributed by atoms with Crippen molar-refractivity contribution in [2.24, 2.45) is 0 Å². The fourth-order valence-electron chi connectivity index (χ4n) is 2.92. The molecule has 148 valence electrons. The number of carbonyl (C=O) groups is 1. The molecule has 1 aliphatic carbocycles. The van der Waals surface area contributed by atoms with Crippen molar-refractivity contribution in [1.29, 1.82) is 0 Å². The van der Waals surface area contributed by atoms with Gasteiger partial charge in [-0.3, -0.25) is 4.79 Å². The lowest BCUT2D eigenvalue weighted by atomic mass is 10.0. The maximum absolute atomic E-state index is 12.9. The van der Waals surface area contributed by atoms with Gasteiger partial charge >= 0.3 is 0 Å². The largest absolute Gasteiger partial charge is 0.484 e. The van der Waals surface area contributed by atoms with Gasteiger partial charge in [-0.05, 0) is 48.9 Å². The number of hydrogen-bond acceptors (Lipinski definition) is 5. The summed E-state index contributed by atoms with van der Waals surface area (Å²) >= 11 is 0.